The number of hydrogen-bond donors (Lipinski definition) is 0. The molecule has 1 aliphatic heterocycles. The van der Waals surface area contributed by atoms with Crippen LogP contribution in [0.4, 0.5) is 8.78 Å². The second-order valence-corrected chi connectivity index (χ2v) is 6.10. The van der Waals surface area contributed by atoms with Crippen molar-refractivity contribution in [1.29, 1.82) is 0 Å². The van der Waals surface area contributed by atoms with Crippen molar-refractivity contribution < 1.29 is 13.6 Å². The standard InChI is InChI=1S/C18H16ClF2NO/c19-15-8-2-1-5-12(15)11-13-6-4-10-22(13)18(23)14-7-3-9-16(20)17(14)21/h1-3,5,7-9,13H,4,6,10-11H2. The lowest BCUT2D eigenvalue weighted by molar-refractivity contribution is 0.0730. The van der Waals surface area contributed by atoms with Crippen molar-refractivity contribution in [1.82, 2.24) is 4.90 Å². The van der Waals surface area contributed by atoms with Gasteiger partial charge in [-0.3, -0.25) is 4.79 Å². The highest BCUT2D eigenvalue weighted by Gasteiger charge is 2.31. The summed E-state index contributed by atoms with van der Waals surface area (Å²) in [7, 11) is 0. The fourth-order valence-corrected chi connectivity index (χ4v) is 3.27. The zero-order valence-electron chi connectivity index (χ0n) is 12.4. The van der Waals surface area contributed by atoms with Gasteiger partial charge in [0, 0.05) is 17.6 Å². The molecule has 1 atom stereocenters. The first-order valence-corrected chi connectivity index (χ1v) is 7.94. The van der Waals surface area contributed by atoms with Gasteiger partial charge in [-0.15, -0.1) is 0 Å². The van der Waals surface area contributed by atoms with Crippen molar-refractivity contribution in [2.45, 2.75) is 25.3 Å². The van der Waals surface area contributed by atoms with Gasteiger partial charge in [0.15, 0.2) is 11.6 Å². The van der Waals surface area contributed by atoms with Gasteiger partial charge < -0.3 is 4.90 Å². The van der Waals surface area contributed by atoms with E-state index in [9.17, 15) is 13.6 Å². The Kier molecular flexibility index (Phi) is 4.62. The van der Waals surface area contributed by atoms with Crippen LogP contribution in [0.15, 0.2) is 42.5 Å². The maximum Gasteiger partial charge on any atom is 0.257 e. The molecule has 5 heteroatoms. The summed E-state index contributed by atoms with van der Waals surface area (Å²) in [6.45, 7) is 0.546. The first-order chi connectivity index (χ1) is 11.1. The van der Waals surface area contributed by atoms with Gasteiger partial charge in [-0.2, -0.15) is 0 Å². The Morgan fingerprint density at radius 2 is 1.96 bits per heavy atom. The summed E-state index contributed by atoms with van der Waals surface area (Å²) >= 11 is 6.18. The topological polar surface area (TPSA) is 20.3 Å². The maximum absolute atomic E-state index is 13.9. The van der Waals surface area contributed by atoms with E-state index in [4.69, 9.17) is 11.6 Å². The van der Waals surface area contributed by atoms with Crippen molar-refractivity contribution >= 4 is 17.5 Å². The monoisotopic (exact) mass is 335 g/mol. The Balaban J connectivity index is 1.83. The second-order valence-electron chi connectivity index (χ2n) is 5.69. The summed E-state index contributed by atoms with van der Waals surface area (Å²) in [4.78, 5) is 14.2. The third-order valence-corrected chi connectivity index (χ3v) is 4.60. The molecule has 1 unspecified atom stereocenters. The molecule has 0 aliphatic carbocycles. The lowest BCUT2D eigenvalue weighted by Crippen LogP contribution is -2.37. The number of nitrogens with zero attached hydrogens (tertiary/aromatic N) is 1. The molecule has 1 amide bonds. The summed E-state index contributed by atoms with van der Waals surface area (Å²) in [5.41, 5.74) is 0.745. The van der Waals surface area contributed by atoms with E-state index in [0.29, 0.717) is 18.0 Å². The number of halogens is 3. The van der Waals surface area contributed by atoms with Crippen LogP contribution in [-0.4, -0.2) is 23.4 Å². The molecule has 0 spiro atoms. The number of amides is 1. The molecular weight excluding hydrogens is 320 g/mol. The minimum absolute atomic E-state index is 0.0509. The van der Waals surface area contributed by atoms with Gasteiger partial charge in [0.25, 0.3) is 5.91 Å². The summed E-state index contributed by atoms with van der Waals surface area (Å²) in [6, 6.07) is 11.1. The Bertz CT molecular complexity index is 735. The highest BCUT2D eigenvalue weighted by atomic mass is 35.5. The van der Waals surface area contributed by atoms with Crippen LogP contribution in [0, 0.1) is 11.6 Å². The number of likely N-dealkylation sites (tertiary alicyclic amines) is 1. The van der Waals surface area contributed by atoms with E-state index in [2.05, 4.69) is 0 Å². The summed E-state index contributed by atoms with van der Waals surface area (Å²) in [5, 5.41) is 0.656. The molecule has 0 radical (unpaired) electrons. The average molecular weight is 336 g/mol. The number of carbonyl (C=O) groups excluding carboxylic acids is 1. The molecule has 3 rings (SSSR count). The van der Waals surface area contributed by atoms with Gasteiger partial charge >= 0.3 is 0 Å². The lowest BCUT2D eigenvalue weighted by Gasteiger charge is -2.25. The summed E-state index contributed by atoms with van der Waals surface area (Å²) in [6.07, 6.45) is 2.29. The van der Waals surface area contributed by atoms with Gasteiger partial charge in [-0.05, 0) is 43.0 Å². The quantitative estimate of drug-likeness (QED) is 0.810. The number of rotatable bonds is 3. The number of carbonyl (C=O) groups is 1. The van der Waals surface area contributed by atoms with Crippen molar-refractivity contribution in [2.75, 3.05) is 6.54 Å². The van der Waals surface area contributed by atoms with Gasteiger partial charge in [0.05, 0.1) is 5.56 Å². The minimum atomic E-state index is -1.08. The smallest absolute Gasteiger partial charge is 0.257 e. The molecule has 2 nitrogen and oxygen atoms in total. The molecule has 1 heterocycles. The van der Waals surface area contributed by atoms with E-state index in [1.165, 1.54) is 12.1 Å². The molecule has 2 aromatic rings. The molecular formula is C18H16ClF2NO. The third kappa shape index (κ3) is 3.22. The van der Waals surface area contributed by atoms with E-state index >= 15 is 0 Å². The van der Waals surface area contributed by atoms with Crippen LogP contribution in [0.5, 0.6) is 0 Å². The first-order valence-electron chi connectivity index (χ1n) is 7.56. The van der Waals surface area contributed by atoms with Crippen LogP contribution in [0.1, 0.15) is 28.8 Å². The van der Waals surface area contributed by atoms with Crippen molar-refractivity contribution in [3.05, 3.63) is 70.2 Å². The van der Waals surface area contributed by atoms with E-state index in [1.807, 2.05) is 24.3 Å². The number of hydrogen-bond acceptors (Lipinski definition) is 1. The van der Waals surface area contributed by atoms with Crippen molar-refractivity contribution in [3.8, 4) is 0 Å². The molecule has 0 bridgehead atoms. The molecule has 0 N–H and O–H groups in total. The predicted octanol–water partition coefficient (Wildman–Crippen LogP) is 4.47. The van der Waals surface area contributed by atoms with E-state index in [-0.39, 0.29) is 11.6 Å². The van der Waals surface area contributed by atoms with Gasteiger partial charge in [-0.25, -0.2) is 8.78 Å². The van der Waals surface area contributed by atoms with Crippen LogP contribution in [0.2, 0.25) is 5.02 Å². The van der Waals surface area contributed by atoms with Gasteiger partial charge in [-0.1, -0.05) is 35.9 Å². The van der Waals surface area contributed by atoms with Gasteiger partial charge in [0.1, 0.15) is 0 Å². The Labute approximate surface area is 138 Å². The van der Waals surface area contributed by atoms with E-state index in [1.54, 1.807) is 4.90 Å². The zero-order chi connectivity index (χ0) is 16.4. The van der Waals surface area contributed by atoms with Gasteiger partial charge in [0.2, 0.25) is 0 Å². The van der Waals surface area contributed by atoms with Crippen LogP contribution in [0.3, 0.4) is 0 Å². The Hall–Kier alpha value is -1.94. The molecule has 1 fully saturated rings. The third-order valence-electron chi connectivity index (χ3n) is 4.23. The minimum Gasteiger partial charge on any atom is -0.335 e. The summed E-state index contributed by atoms with van der Waals surface area (Å²) in [5.74, 6) is -2.55. The van der Waals surface area contributed by atoms with E-state index < -0.39 is 17.5 Å². The Morgan fingerprint density at radius 1 is 1.17 bits per heavy atom. The average Bonchev–Trinajstić information content (AvgIpc) is 3.00. The van der Waals surface area contributed by atoms with Crippen molar-refractivity contribution in [2.24, 2.45) is 0 Å². The molecule has 1 saturated heterocycles. The first kappa shape index (κ1) is 15.9. The van der Waals surface area contributed by atoms with Crippen LogP contribution < -0.4 is 0 Å². The zero-order valence-corrected chi connectivity index (χ0v) is 13.2. The molecule has 1 aliphatic rings. The van der Waals surface area contributed by atoms with E-state index in [0.717, 1.165) is 24.5 Å². The normalized spacial score (nSPS) is 17.5. The highest BCUT2D eigenvalue weighted by molar-refractivity contribution is 6.31. The predicted molar refractivity (Wildman–Crippen MR) is 85.6 cm³/mol. The SMILES string of the molecule is O=C(c1cccc(F)c1F)N1CCCC1Cc1ccccc1Cl. The fraction of sp³-hybridized carbons (Fsp3) is 0.278. The summed E-state index contributed by atoms with van der Waals surface area (Å²) < 4.78 is 27.2. The molecule has 0 aromatic heterocycles. The number of benzene rings is 2. The highest BCUT2D eigenvalue weighted by Crippen LogP contribution is 2.27. The second kappa shape index (κ2) is 6.67. The lowest BCUT2D eigenvalue weighted by atomic mass is 10.0. The largest absolute Gasteiger partial charge is 0.335 e. The molecule has 0 saturated carbocycles. The van der Waals surface area contributed by atoms with Crippen LogP contribution in [0.25, 0.3) is 0 Å². The molecule has 120 valence electrons. The van der Waals surface area contributed by atoms with Crippen LogP contribution >= 0.6 is 11.6 Å². The maximum atomic E-state index is 13.9. The fourth-order valence-electron chi connectivity index (χ4n) is 3.06. The van der Waals surface area contributed by atoms with Crippen molar-refractivity contribution in [3.63, 3.8) is 0 Å². The van der Waals surface area contributed by atoms with Crippen LogP contribution in [-0.2, 0) is 6.42 Å². The molecule has 2 aromatic carbocycles. The molecule has 23 heavy (non-hydrogen) atoms. The Morgan fingerprint density at radius 3 is 2.74 bits per heavy atom.